The molecule has 4 heteroatoms. The molecule has 98 valence electrons. The van der Waals surface area contributed by atoms with E-state index in [-0.39, 0.29) is 11.9 Å². The molecule has 0 aromatic carbocycles. The molecule has 2 rings (SSSR count). The zero-order valence-corrected chi connectivity index (χ0v) is 10.7. The van der Waals surface area contributed by atoms with Crippen molar-refractivity contribution in [3.05, 3.63) is 0 Å². The molecular weight excluding hydrogens is 216 g/mol. The molecule has 2 fully saturated rings. The summed E-state index contributed by atoms with van der Waals surface area (Å²) < 4.78 is 5.31. The van der Waals surface area contributed by atoms with Gasteiger partial charge in [-0.25, -0.2) is 0 Å². The van der Waals surface area contributed by atoms with Gasteiger partial charge in [-0.1, -0.05) is 26.2 Å². The molecule has 0 aromatic rings. The summed E-state index contributed by atoms with van der Waals surface area (Å²) in [6.07, 6.45) is 6.09. The Balaban J connectivity index is 1.77. The molecule has 1 aliphatic carbocycles. The Labute approximate surface area is 103 Å². The van der Waals surface area contributed by atoms with Crippen molar-refractivity contribution in [1.29, 1.82) is 0 Å². The minimum Gasteiger partial charge on any atom is -0.378 e. The highest BCUT2D eigenvalue weighted by Crippen LogP contribution is 2.26. The van der Waals surface area contributed by atoms with Gasteiger partial charge in [0.05, 0.1) is 13.2 Å². The van der Waals surface area contributed by atoms with Gasteiger partial charge in [0, 0.05) is 12.6 Å². The molecule has 1 saturated carbocycles. The first-order valence-corrected chi connectivity index (χ1v) is 6.91. The molecule has 1 saturated heterocycles. The molecule has 17 heavy (non-hydrogen) atoms. The predicted octanol–water partition coefficient (Wildman–Crippen LogP) is 1.06. The number of amides is 1. The largest absolute Gasteiger partial charge is 0.378 e. The maximum absolute atomic E-state index is 12.0. The van der Waals surface area contributed by atoms with Crippen LogP contribution in [0, 0.1) is 5.92 Å². The molecule has 0 bridgehead atoms. The number of carbonyl (C=O) groups is 1. The molecular formula is C13H24N2O2. The maximum Gasteiger partial charge on any atom is 0.239 e. The second-order valence-corrected chi connectivity index (χ2v) is 5.23. The van der Waals surface area contributed by atoms with Crippen LogP contribution in [0.5, 0.6) is 0 Å². The van der Waals surface area contributed by atoms with Crippen LogP contribution >= 0.6 is 0 Å². The number of rotatable bonds is 3. The van der Waals surface area contributed by atoms with Crippen molar-refractivity contribution < 1.29 is 9.53 Å². The van der Waals surface area contributed by atoms with Crippen molar-refractivity contribution in [2.45, 2.75) is 51.1 Å². The van der Waals surface area contributed by atoms with Gasteiger partial charge in [-0.3, -0.25) is 4.79 Å². The van der Waals surface area contributed by atoms with E-state index >= 15 is 0 Å². The SMILES string of the molecule is CCC1CCCC(NC(=O)C2COCCN2)C1. The Morgan fingerprint density at radius 2 is 2.35 bits per heavy atom. The highest BCUT2D eigenvalue weighted by molar-refractivity contribution is 5.82. The van der Waals surface area contributed by atoms with Crippen LogP contribution in [-0.2, 0) is 9.53 Å². The third-order valence-electron chi connectivity index (χ3n) is 3.94. The van der Waals surface area contributed by atoms with Crippen LogP contribution < -0.4 is 10.6 Å². The van der Waals surface area contributed by atoms with Crippen molar-refractivity contribution in [3.8, 4) is 0 Å². The van der Waals surface area contributed by atoms with Crippen LogP contribution in [0.1, 0.15) is 39.0 Å². The molecule has 0 radical (unpaired) electrons. The van der Waals surface area contributed by atoms with E-state index in [9.17, 15) is 4.79 Å². The van der Waals surface area contributed by atoms with E-state index < -0.39 is 0 Å². The van der Waals surface area contributed by atoms with Gasteiger partial charge in [-0.2, -0.15) is 0 Å². The fraction of sp³-hybridized carbons (Fsp3) is 0.923. The smallest absolute Gasteiger partial charge is 0.239 e. The van der Waals surface area contributed by atoms with E-state index in [0.29, 0.717) is 19.3 Å². The normalized spacial score (nSPS) is 34.3. The van der Waals surface area contributed by atoms with Gasteiger partial charge in [-0.05, 0) is 18.8 Å². The standard InChI is InChI=1S/C13H24N2O2/c1-2-10-4-3-5-11(8-10)15-13(16)12-9-17-7-6-14-12/h10-12,14H,2-9H2,1H3,(H,15,16). The Hall–Kier alpha value is -0.610. The van der Waals surface area contributed by atoms with Gasteiger partial charge < -0.3 is 15.4 Å². The molecule has 1 heterocycles. The maximum atomic E-state index is 12.0. The number of carbonyl (C=O) groups excluding carboxylic acids is 1. The van der Waals surface area contributed by atoms with Gasteiger partial charge in [0.1, 0.15) is 6.04 Å². The average Bonchev–Trinajstić information content (AvgIpc) is 2.40. The second kappa shape index (κ2) is 6.36. The number of hydrogen-bond acceptors (Lipinski definition) is 3. The number of morpholine rings is 1. The first kappa shape index (κ1) is 12.8. The molecule has 1 amide bonds. The minimum absolute atomic E-state index is 0.117. The lowest BCUT2D eigenvalue weighted by atomic mass is 9.84. The lowest BCUT2D eigenvalue weighted by molar-refractivity contribution is -0.126. The minimum atomic E-state index is -0.147. The number of ether oxygens (including phenoxy) is 1. The Morgan fingerprint density at radius 3 is 3.06 bits per heavy atom. The van der Waals surface area contributed by atoms with Gasteiger partial charge in [0.15, 0.2) is 0 Å². The molecule has 2 N–H and O–H groups in total. The zero-order chi connectivity index (χ0) is 12.1. The van der Waals surface area contributed by atoms with Crippen LogP contribution in [0.2, 0.25) is 0 Å². The molecule has 0 aromatic heterocycles. The van der Waals surface area contributed by atoms with Crippen LogP contribution in [0.15, 0.2) is 0 Å². The van der Waals surface area contributed by atoms with Crippen LogP contribution in [0.25, 0.3) is 0 Å². The van der Waals surface area contributed by atoms with E-state index in [4.69, 9.17) is 4.74 Å². The summed E-state index contributed by atoms with van der Waals surface area (Å²) in [5, 5.41) is 6.37. The molecule has 3 atom stereocenters. The Bertz CT molecular complexity index is 252. The third kappa shape index (κ3) is 3.68. The van der Waals surface area contributed by atoms with Gasteiger partial charge >= 0.3 is 0 Å². The zero-order valence-electron chi connectivity index (χ0n) is 10.7. The Morgan fingerprint density at radius 1 is 1.47 bits per heavy atom. The quantitative estimate of drug-likeness (QED) is 0.775. The fourth-order valence-corrected chi connectivity index (χ4v) is 2.83. The van der Waals surface area contributed by atoms with Crippen molar-refractivity contribution in [2.24, 2.45) is 5.92 Å². The molecule has 4 nitrogen and oxygen atoms in total. The van der Waals surface area contributed by atoms with Crippen LogP contribution in [0.4, 0.5) is 0 Å². The van der Waals surface area contributed by atoms with Crippen molar-refractivity contribution in [2.75, 3.05) is 19.8 Å². The first-order chi connectivity index (χ1) is 8.29. The monoisotopic (exact) mass is 240 g/mol. The van der Waals surface area contributed by atoms with Crippen LogP contribution in [0.3, 0.4) is 0 Å². The number of nitrogens with one attached hydrogen (secondary N) is 2. The summed E-state index contributed by atoms with van der Waals surface area (Å²) in [6, 6.07) is 0.232. The fourth-order valence-electron chi connectivity index (χ4n) is 2.83. The summed E-state index contributed by atoms with van der Waals surface area (Å²) in [4.78, 5) is 12.0. The predicted molar refractivity (Wildman–Crippen MR) is 66.8 cm³/mol. The van der Waals surface area contributed by atoms with E-state index in [0.717, 1.165) is 25.3 Å². The highest BCUT2D eigenvalue weighted by atomic mass is 16.5. The molecule has 3 unspecified atom stereocenters. The van der Waals surface area contributed by atoms with E-state index in [2.05, 4.69) is 17.6 Å². The van der Waals surface area contributed by atoms with E-state index in [1.54, 1.807) is 0 Å². The summed E-state index contributed by atoms with van der Waals surface area (Å²) in [6.45, 7) is 4.24. The lowest BCUT2D eigenvalue weighted by Gasteiger charge is -2.31. The molecule has 1 aliphatic heterocycles. The van der Waals surface area contributed by atoms with Gasteiger partial charge in [0.2, 0.25) is 5.91 Å². The van der Waals surface area contributed by atoms with Crippen molar-refractivity contribution in [3.63, 3.8) is 0 Å². The molecule has 0 spiro atoms. The van der Waals surface area contributed by atoms with E-state index in [1.165, 1.54) is 19.3 Å². The van der Waals surface area contributed by atoms with Crippen molar-refractivity contribution >= 4 is 5.91 Å². The second-order valence-electron chi connectivity index (χ2n) is 5.23. The highest BCUT2D eigenvalue weighted by Gasteiger charge is 2.26. The topological polar surface area (TPSA) is 50.4 Å². The van der Waals surface area contributed by atoms with Gasteiger partial charge in [0.25, 0.3) is 0 Å². The average molecular weight is 240 g/mol. The lowest BCUT2D eigenvalue weighted by Crippen LogP contribution is -2.53. The van der Waals surface area contributed by atoms with Gasteiger partial charge in [-0.15, -0.1) is 0 Å². The third-order valence-corrected chi connectivity index (χ3v) is 3.94. The first-order valence-electron chi connectivity index (χ1n) is 6.91. The summed E-state index contributed by atoms with van der Waals surface area (Å²) in [5.74, 6) is 0.913. The van der Waals surface area contributed by atoms with Crippen LogP contribution in [-0.4, -0.2) is 37.7 Å². The van der Waals surface area contributed by atoms with Crippen molar-refractivity contribution in [1.82, 2.24) is 10.6 Å². The molecule has 2 aliphatic rings. The summed E-state index contributed by atoms with van der Waals surface area (Å²) in [7, 11) is 0. The Kier molecular flexibility index (Phi) is 4.80. The summed E-state index contributed by atoms with van der Waals surface area (Å²) in [5.41, 5.74) is 0. The van der Waals surface area contributed by atoms with E-state index in [1.807, 2.05) is 0 Å². The number of hydrogen-bond donors (Lipinski definition) is 2. The summed E-state index contributed by atoms with van der Waals surface area (Å²) >= 11 is 0.